The highest BCUT2D eigenvalue weighted by atomic mass is 35.5. The molecule has 3 rings (SSSR count). The van der Waals surface area contributed by atoms with Crippen molar-refractivity contribution in [3.63, 3.8) is 0 Å². The Bertz CT molecular complexity index is 462. The van der Waals surface area contributed by atoms with Crippen LogP contribution in [0.5, 0.6) is 0 Å². The Morgan fingerprint density at radius 1 is 1.47 bits per heavy atom. The topological polar surface area (TPSA) is 72.4 Å². The fourth-order valence-corrected chi connectivity index (χ4v) is 3.30. The Hall–Kier alpha value is -1.07. The van der Waals surface area contributed by atoms with Crippen LogP contribution in [0.2, 0.25) is 0 Å². The number of fused-ring (bicyclic) bond motifs is 1. The Balaban J connectivity index is 0.00000133. The second-order valence-electron chi connectivity index (χ2n) is 5.56. The van der Waals surface area contributed by atoms with Gasteiger partial charge in [-0.25, -0.2) is 0 Å². The van der Waals surface area contributed by atoms with Crippen LogP contribution >= 0.6 is 12.4 Å². The van der Waals surface area contributed by atoms with E-state index >= 15 is 0 Å². The molecule has 19 heavy (non-hydrogen) atoms. The Morgan fingerprint density at radius 2 is 2.26 bits per heavy atom. The number of hydrogen-bond acceptors (Lipinski definition) is 4. The molecule has 1 aliphatic carbocycles. The number of amides is 1. The molecule has 1 aromatic heterocycles. The second-order valence-corrected chi connectivity index (χ2v) is 5.56. The van der Waals surface area contributed by atoms with Crippen LogP contribution in [0, 0.1) is 18.8 Å². The molecule has 2 N–H and O–H groups in total. The van der Waals surface area contributed by atoms with Gasteiger partial charge in [0.05, 0.1) is 5.69 Å². The van der Waals surface area contributed by atoms with Crippen molar-refractivity contribution < 1.29 is 9.32 Å². The highest BCUT2D eigenvalue weighted by molar-refractivity contribution is 5.91. The first-order valence-corrected chi connectivity index (χ1v) is 6.63. The molecule has 0 bridgehead atoms. The van der Waals surface area contributed by atoms with Gasteiger partial charge in [-0.1, -0.05) is 11.6 Å². The average Bonchev–Trinajstić information content (AvgIpc) is 2.95. The molecule has 2 heterocycles. The third-order valence-electron chi connectivity index (χ3n) is 4.28. The standard InChI is InChI=1S/C13H19N3O2.ClH/c1-8-5-12(18-15-8)13(17)16-6-9-3-2-4-11(14)10(9)7-16;/h5,9-11H,2-4,6-7,14H2,1H3;1H. The zero-order valence-electron chi connectivity index (χ0n) is 11.0. The van der Waals surface area contributed by atoms with E-state index in [9.17, 15) is 4.79 Å². The van der Waals surface area contributed by atoms with Crippen LogP contribution < -0.4 is 5.73 Å². The average molecular weight is 286 g/mol. The van der Waals surface area contributed by atoms with Crippen molar-refractivity contribution >= 4 is 18.3 Å². The van der Waals surface area contributed by atoms with E-state index in [2.05, 4.69) is 5.16 Å². The molecule has 0 radical (unpaired) electrons. The van der Waals surface area contributed by atoms with Gasteiger partial charge in [-0.15, -0.1) is 12.4 Å². The maximum atomic E-state index is 12.3. The predicted molar refractivity (Wildman–Crippen MR) is 73.2 cm³/mol. The first-order chi connectivity index (χ1) is 8.65. The van der Waals surface area contributed by atoms with Gasteiger partial charge in [0.15, 0.2) is 0 Å². The number of aromatic nitrogens is 1. The summed E-state index contributed by atoms with van der Waals surface area (Å²) in [4.78, 5) is 14.1. The molecule has 3 atom stereocenters. The molecule has 106 valence electrons. The highest BCUT2D eigenvalue weighted by Crippen LogP contribution is 2.36. The summed E-state index contributed by atoms with van der Waals surface area (Å²) >= 11 is 0. The molecular weight excluding hydrogens is 266 g/mol. The molecular formula is C13H20ClN3O2. The highest BCUT2D eigenvalue weighted by Gasteiger charge is 2.41. The molecule has 0 aromatic carbocycles. The van der Waals surface area contributed by atoms with Crippen molar-refractivity contribution in [2.45, 2.75) is 32.2 Å². The molecule has 2 aliphatic rings. The lowest BCUT2D eigenvalue weighted by atomic mass is 9.78. The summed E-state index contributed by atoms with van der Waals surface area (Å²) in [6.45, 7) is 3.40. The molecule has 1 saturated carbocycles. The van der Waals surface area contributed by atoms with Crippen molar-refractivity contribution in [1.29, 1.82) is 0 Å². The van der Waals surface area contributed by atoms with Gasteiger partial charge in [0.1, 0.15) is 0 Å². The lowest BCUT2D eigenvalue weighted by Gasteiger charge is -2.29. The monoisotopic (exact) mass is 285 g/mol. The van der Waals surface area contributed by atoms with E-state index in [1.807, 2.05) is 11.8 Å². The molecule has 1 aromatic rings. The van der Waals surface area contributed by atoms with Crippen LogP contribution in [0.3, 0.4) is 0 Å². The quantitative estimate of drug-likeness (QED) is 0.851. The number of nitrogens with two attached hydrogens (primary N) is 1. The maximum absolute atomic E-state index is 12.3. The zero-order valence-corrected chi connectivity index (χ0v) is 11.9. The van der Waals surface area contributed by atoms with Crippen LogP contribution in [0.25, 0.3) is 0 Å². The Morgan fingerprint density at radius 3 is 2.89 bits per heavy atom. The summed E-state index contributed by atoms with van der Waals surface area (Å²) in [5.74, 6) is 1.34. The molecule has 1 saturated heterocycles. The van der Waals surface area contributed by atoms with Gasteiger partial charge in [0, 0.05) is 25.2 Å². The molecule has 1 aliphatic heterocycles. The largest absolute Gasteiger partial charge is 0.351 e. The number of hydrogen-bond donors (Lipinski definition) is 1. The normalized spacial score (nSPS) is 29.8. The van der Waals surface area contributed by atoms with Crippen LogP contribution in [0.4, 0.5) is 0 Å². The van der Waals surface area contributed by atoms with E-state index < -0.39 is 0 Å². The summed E-state index contributed by atoms with van der Waals surface area (Å²) in [6.07, 6.45) is 3.47. The number of halogens is 1. The number of carbonyl (C=O) groups excluding carboxylic acids is 1. The lowest BCUT2D eigenvalue weighted by molar-refractivity contribution is 0.0742. The smallest absolute Gasteiger partial charge is 0.292 e. The van der Waals surface area contributed by atoms with Crippen molar-refractivity contribution in [3.8, 4) is 0 Å². The van der Waals surface area contributed by atoms with Gasteiger partial charge in [0.2, 0.25) is 5.76 Å². The Labute approximate surface area is 118 Å². The van der Waals surface area contributed by atoms with Crippen molar-refractivity contribution in [2.24, 2.45) is 17.6 Å². The van der Waals surface area contributed by atoms with Gasteiger partial charge >= 0.3 is 0 Å². The second kappa shape index (κ2) is 5.51. The number of nitrogens with zero attached hydrogens (tertiary/aromatic N) is 2. The Kier molecular flexibility index (Phi) is 4.16. The van der Waals surface area contributed by atoms with Gasteiger partial charge < -0.3 is 15.2 Å². The number of aryl methyl sites for hydroxylation is 1. The molecule has 1 amide bonds. The zero-order chi connectivity index (χ0) is 12.7. The third-order valence-corrected chi connectivity index (χ3v) is 4.28. The van der Waals surface area contributed by atoms with E-state index in [1.54, 1.807) is 6.07 Å². The number of likely N-dealkylation sites (tertiary alicyclic amines) is 1. The predicted octanol–water partition coefficient (Wildman–Crippen LogP) is 1.60. The van der Waals surface area contributed by atoms with Crippen molar-refractivity contribution in [1.82, 2.24) is 10.1 Å². The molecule has 3 unspecified atom stereocenters. The van der Waals surface area contributed by atoms with E-state index in [4.69, 9.17) is 10.3 Å². The van der Waals surface area contributed by atoms with E-state index in [0.717, 1.165) is 25.2 Å². The molecule has 0 spiro atoms. The third kappa shape index (κ3) is 2.62. The van der Waals surface area contributed by atoms with Gasteiger partial charge in [-0.3, -0.25) is 4.79 Å². The van der Waals surface area contributed by atoms with Gasteiger partial charge in [-0.05, 0) is 31.6 Å². The van der Waals surface area contributed by atoms with Crippen molar-refractivity contribution in [2.75, 3.05) is 13.1 Å². The van der Waals surface area contributed by atoms with Crippen LogP contribution in [-0.4, -0.2) is 35.1 Å². The first kappa shape index (κ1) is 14.3. The minimum absolute atomic E-state index is 0. The van der Waals surface area contributed by atoms with Crippen molar-refractivity contribution in [3.05, 3.63) is 17.5 Å². The van der Waals surface area contributed by atoms with E-state index in [0.29, 0.717) is 17.6 Å². The van der Waals surface area contributed by atoms with Crippen LogP contribution in [0.15, 0.2) is 10.6 Å². The molecule has 5 nitrogen and oxygen atoms in total. The SMILES string of the molecule is Cc1cc(C(=O)N2CC3CCCC(N)C3C2)on1.Cl. The summed E-state index contributed by atoms with van der Waals surface area (Å²) in [5.41, 5.74) is 6.89. The summed E-state index contributed by atoms with van der Waals surface area (Å²) in [7, 11) is 0. The first-order valence-electron chi connectivity index (χ1n) is 6.63. The summed E-state index contributed by atoms with van der Waals surface area (Å²) < 4.78 is 5.05. The van der Waals surface area contributed by atoms with Gasteiger partial charge in [0.25, 0.3) is 5.91 Å². The maximum Gasteiger partial charge on any atom is 0.292 e. The minimum Gasteiger partial charge on any atom is -0.351 e. The van der Waals surface area contributed by atoms with Gasteiger partial charge in [-0.2, -0.15) is 0 Å². The number of rotatable bonds is 1. The van der Waals surface area contributed by atoms with E-state index in [1.165, 1.54) is 12.8 Å². The molecule has 6 heteroatoms. The van der Waals surface area contributed by atoms with Crippen LogP contribution in [-0.2, 0) is 0 Å². The lowest BCUT2D eigenvalue weighted by Crippen LogP contribution is -2.38. The minimum atomic E-state index is -0.0443. The fourth-order valence-electron chi connectivity index (χ4n) is 3.30. The van der Waals surface area contributed by atoms with Crippen LogP contribution in [0.1, 0.15) is 35.5 Å². The summed E-state index contributed by atoms with van der Waals surface area (Å²) in [6, 6.07) is 1.95. The summed E-state index contributed by atoms with van der Waals surface area (Å²) in [5, 5.41) is 3.77. The number of carbonyl (C=O) groups is 1. The molecule has 2 fully saturated rings. The fraction of sp³-hybridized carbons (Fsp3) is 0.692. The van der Waals surface area contributed by atoms with E-state index in [-0.39, 0.29) is 24.4 Å².